The molecule has 2 fully saturated rings. The topological polar surface area (TPSA) is 81.7 Å². The molecule has 1 aromatic rings. The van der Waals surface area contributed by atoms with Gasteiger partial charge in [0.05, 0.1) is 18.1 Å². The number of fused-ring (bicyclic) bond motifs is 2. The van der Waals surface area contributed by atoms with E-state index in [1.165, 1.54) is 7.11 Å². The molecule has 1 saturated heterocycles. The summed E-state index contributed by atoms with van der Waals surface area (Å²) in [5.41, 5.74) is -1.45. The Balaban J connectivity index is 1.83. The van der Waals surface area contributed by atoms with Gasteiger partial charge >= 0.3 is 11.9 Å². The van der Waals surface area contributed by atoms with Gasteiger partial charge in [0.1, 0.15) is 0 Å². The lowest BCUT2D eigenvalue weighted by Gasteiger charge is -2.35. The number of benzene rings is 1. The molecule has 1 aliphatic carbocycles. The molecule has 6 nitrogen and oxygen atoms in total. The number of rotatable bonds is 3. The lowest BCUT2D eigenvalue weighted by Crippen LogP contribution is -2.50. The summed E-state index contributed by atoms with van der Waals surface area (Å²) in [4.78, 5) is 36.6. The van der Waals surface area contributed by atoms with E-state index in [2.05, 4.69) is 10.1 Å². The molecule has 1 aliphatic heterocycles. The quantitative estimate of drug-likeness (QED) is 0.861. The summed E-state index contributed by atoms with van der Waals surface area (Å²) in [6, 6.07) is 6.39. The van der Waals surface area contributed by atoms with E-state index in [4.69, 9.17) is 4.74 Å². The van der Waals surface area contributed by atoms with Crippen molar-refractivity contribution in [1.29, 1.82) is 0 Å². The first-order valence-electron chi connectivity index (χ1n) is 7.91. The number of hydrogen-bond donors (Lipinski definition) is 1. The molecule has 1 saturated carbocycles. The van der Waals surface area contributed by atoms with Crippen LogP contribution >= 0.6 is 0 Å². The van der Waals surface area contributed by atoms with Gasteiger partial charge in [0.2, 0.25) is 0 Å². The fourth-order valence-electron chi connectivity index (χ4n) is 3.79. The van der Waals surface area contributed by atoms with Crippen LogP contribution in [0.15, 0.2) is 24.3 Å². The molecule has 2 bridgehead atoms. The molecule has 128 valence electrons. The molecule has 1 heterocycles. The Morgan fingerprint density at radius 3 is 2.21 bits per heavy atom. The van der Waals surface area contributed by atoms with Crippen molar-refractivity contribution in [2.75, 3.05) is 12.4 Å². The summed E-state index contributed by atoms with van der Waals surface area (Å²) in [5.74, 6) is -1.08. The van der Waals surface area contributed by atoms with E-state index < -0.39 is 22.4 Å². The molecular weight excluding hydrogens is 310 g/mol. The van der Waals surface area contributed by atoms with Crippen molar-refractivity contribution in [3.05, 3.63) is 29.8 Å². The maximum Gasteiger partial charge on any atom is 0.337 e. The van der Waals surface area contributed by atoms with E-state index in [0.29, 0.717) is 24.1 Å². The summed E-state index contributed by atoms with van der Waals surface area (Å²) in [6.45, 7) is 5.68. The largest absolute Gasteiger partial charge is 0.465 e. The molecule has 2 atom stereocenters. The Bertz CT molecular complexity index is 723. The zero-order valence-electron chi connectivity index (χ0n) is 14.3. The molecule has 0 radical (unpaired) electrons. The smallest absolute Gasteiger partial charge is 0.337 e. The summed E-state index contributed by atoms with van der Waals surface area (Å²) in [6.07, 6.45) is 1.14. The van der Waals surface area contributed by atoms with Gasteiger partial charge in [0.25, 0.3) is 5.91 Å². The normalized spacial score (nSPS) is 29.9. The molecule has 3 rings (SSSR count). The van der Waals surface area contributed by atoms with Crippen LogP contribution in [-0.4, -0.2) is 30.6 Å². The van der Waals surface area contributed by atoms with Crippen molar-refractivity contribution in [3.8, 4) is 0 Å². The monoisotopic (exact) mass is 331 g/mol. The maximum atomic E-state index is 12.9. The third kappa shape index (κ3) is 1.92. The van der Waals surface area contributed by atoms with Crippen molar-refractivity contribution >= 4 is 23.5 Å². The molecule has 2 aliphatic rings. The fraction of sp³-hybridized carbons (Fsp3) is 0.500. The number of anilines is 1. The second-order valence-corrected chi connectivity index (χ2v) is 7.20. The number of esters is 2. The average molecular weight is 331 g/mol. The van der Waals surface area contributed by atoms with Crippen LogP contribution in [0.1, 0.15) is 44.0 Å². The number of ether oxygens (including phenoxy) is 2. The molecule has 0 aromatic heterocycles. The van der Waals surface area contributed by atoms with Gasteiger partial charge < -0.3 is 14.8 Å². The third-order valence-corrected chi connectivity index (χ3v) is 6.01. The van der Waals surface area contributed by atoms with Crippen LogP contribution in [0.5, 0.6) is 0 Å². The highest BCUT2D eigenvalue weighted by Gasteiger charge is 2.75. The minimum absolute atomic E-state index is 0.310. The van der Waals surface area contributed by atoms with Gasteiger partial charge in [-0.1, -0.05) is 13.8 Å². The molecule has 0 unspecified atom stereocenters. The first kappa shape index (κ1) is 16.5. The van der Waals surface area contributed by atoms with Crippen LogP contribution in [-0.2, 0) is 19.1 Å². The van der Waals surface area contributed by atoms with Crippen molar-refractivity contribution in [2.24, 2.45) is 10.8 Å². The Hall–Kier alpha value is -2.37. The van der Waals surface area contributed by atoms with Crippen LogP contribution in [0.25, 0.3) is 0 Å². The second-order valence-electron chi connectivity index (χ2n) is 7.20. The molecule has 6 heteroatoms. The highest BCUT2D eigenvalue weighted by atomic mass is 16.6. The zero-order valence-corrected chi connectivity index (χ0v) is 14.3. The molecule has 0 spiro atoms. The van der Waals surface area contributed by atoms with Crippen molar-refractivity contribution < 1.29 is 23.9 Å². The zero-order chi connectivity index (χ0) is 17.8. The van der Waals surface area contributed by atoms with Crippen LogP contribution < -0.4 is 5.32 Å². The second kappa shape index (κ2) is 5.06. The van der Waals surface area contributed by atoms with E-state index in [1.807, 2.05) is 20.8 Å². The number of carbonyl (C=O) groups excluding carboxylic acids is 3. The molecule has 1 aromatic carbocycles. The predicted octanol–water partition coefficient (Wildman–Crippen LogP) is 2.53. The Labute approximate surface area is 140 Å². The van der Waals surface area contributed by atoms with Gasteiger partial charge in [-0.05, 0) is 44.0 Å². The van der Waals surface area contributed by atoms with Crippen LogP contribution in [0, 0.1) is 10.8 Å². The van der Waals surface area contributed by atoms with Gasteiger partial charge in [-0.3, -0.25) is 9.59 Å². The van der Waals surface area contributed by atoms with Crippen LogP contribution in [0.2, 0.25) is 0 Å². The lowest BCUT2D eigenvalue weighted by atomic mass is 9.66. The first-order chi connectivity index (χ1) is 11.2. The summed E-state index contributed by atoms with van der Waals surface area (Å²) in [7, 11) is 1.31. The van der Waals surface area contributed by atoms with Gasteiger partial charge in [-0.2, -0.15) is 0 Å². The van der Waals surface area contributed by atoms with Gasteiger partial charge in [0.15, 0.2) is 5.60 Å². The third-order valence-electron chi connectivity index (χ3n) is 6.01. The van der Waals surface area contributed by atoms with E-state index in [-0.39, 0.29) is 11.9 Å². The summed E-state index contributed by atoms with van der Waals surface area (Å²) >= 11 is 0. The Morgan fingerprint density at radius 2 is 1.75 bits per heavy atom. The number of amides is 1. The van der Waals surface area contributed by atoms with E-state index in [0.717, 1.165) is 0 Å². The predicted molar refractivity (Wildman–Crippen MR) is 86.4 cm³/mol. The molecular formula is C18H21NO5. The number of methoxy groups -OCH3 is 1. The standard InChI is InChI=1S/C18H21NO5/c1-16(2)17(3)9-10-18(16,24-15(17)22)14(21)19-12-7-5-11(6-8-12)13(20)23-4/h5-8H,9-10H2,1-4H3,(H,19,21)/t17-,18+/m0/s1. The fourth-order valence-corrected chi connectivity index (χ4v) is 3.79. The van der Waals surface area contributed by atoms with E-state index in [9.17, 15) is 14.4 Å². The highest BCUT2D eigenvalue weighted by molar-refractivity contribution is 6.03. The van der Waals surface area contributed by atoms with Crippen molar-refractivity contribution in [3.63, 3.8) is 0 Å². The number of nitrogens with one attached hydrogen (secondary N) is 1. The first-order valence-corrected chi connectivity index (χ1v) is 7.91. The number of carbonyl (C=O) groups is 3. The Kier molecular flexibility index (Phi) is 3.48. The van der Waals surface area contributed by atoms with Crippen molar-refractivity contribution in [2.45, 2.75) is 39.2 Å². The lowest BCUT2D eigenvalue weighted by molar-refractivity contribution is -0.165. The van der Waals surface area contributed by atoms with Gasteiger partial charge in [-0.25, -0.2) is 4.79 Å². The van der Waals surface area contributed by atoms with Gasteiger partial charge in [0, 0.05) is 11.1 Å². The maximum absolute atomic E-state index is 12.9. The van der Waals surface area contributed by atoms with E-state index in [1.54, 1.807) is 24.3 Å². The summed E-state index contributed by atoms with van der Waals surface area (Å²) < 4.78 is 10.2. The van der Waals surface area contributed by atoms with Crippen molar-refractivity contribution in [1.82, 2.24) is 0 Å². The van der Waals surface area contributed by atoms with Crippen LogP contribution in [0.3, 0.4) is 0 Å². The summed E-state index contributed by atoms with van der Waals surface area (Å²) in [5, 5.41) is 2.81. The molecule has 1 N–H and O–H groups in total. The average Bonchev–Trinajstić information content (AvgIpc) is 2.85. The molecule has 24 heavy (non-hydrogen) atoms. The highest BCUT2D eigenvalue weighted by Crippen LogP contribution is 2.65. The van der Waals surface area contributed by atoms with Crippen LogP contribution in [0.4, 0.5) is 5.69 Å². The SMILES string of the molecule is COC(=O)c1ccc(NC(=O)[C@@]23CC[C@@](C)(C(=O)O2)C3(C)C)cc1. The molecule has 1 amide bonds. The van der Waals surface area contributed by atoms with E-state index >= 15 is 0 Å². The minimum atomic E-state index is -1.15. The Morgan fingerprint density at radius 1 is 1.12 bits per heavy atom. The minimum Gasteiger partial charge on any atom is -0.465 e. The number of hydrogen-bond acceptors (Lipinski definition) is 5. The van der Waals surface area contributed by atoms with Gasteiger partial charge in [-0.15, -0.1) is 0 Å².